The highest BCUT2D eigenvalue weighted by Gasteiger charge is 2.59. The number of amides is 2. The first kappa shape index (κ1) is 9.69. The van der Waals surface area contributed by atoms with Gasteiger partial charge < -0.3 is 4.57 Å². The van der Waals surface area contributed by atoms with E-state index in [9.17, 15) is 9.59 Å². The third-order valence-electron chi connectivity index (χ3n) is 3.92. The van der Waals surface area contributed by atoms with Gasteiger partial charge in [0.25, 0.3) is 5.91 Å². The van der Waals surface area contributed by atoms with Crippen molar-refractivity contribution in [3.63, 3.8) is 0 Å². The second-order valence-electron chi connectivity index (χ2n) is 4.83. The van der Waals surface area contributed by atoms with Gasteiger partial charge in [-0.05, 0) is 12.8 Å². The Labute approximate surface area is 101 Å². The summed E-state index contributed by atoms with van der Waals surface area (Å²) in [5.41, 5.74) is 0.802. The van der Waals surface area contributed by atoms with Crippen LogP contribution in [0.1, 0.15) is 12.8 Å². The lowest BCUT2D eigenvalue weighted by atomic mass is 9.64. The molecule has 2 aromatic rings. The lowest BCUT2D eigenvalue weighted by Gasteiger charge is -2.50. The maximum Gasteiger partial charge on any atom is 0.252 e. The first-order chi connectivity index (χ1) is 8.71. The molecule has 0 atom stereocenters. The minimum Gasteiger partial charge on any atom is -0.314 e. The van der Waals surface area contributed by atoms with Crippen molar-refractivity contribution in [2.24, 2.45) is 5.92 Å². The lowest BCUT2D eigenvalue weighted by Crippen LogP contribution is -2.66. The van der Waals surface area contributed by atoms with Gasteiger partial charge in [0.05, 0.1) is 24.2 Å². The Bertz CT molecular complexity index is 686. The standard InChI is InChI=1S/C11H9N5O2/c17-9-6-1-11(2-6,10(18)15-9)16-5-12-7-3-13-14-4-8(7)16/h3-6H,1-2H2,(H,15,17,18). The molecule has 0 unspecified atom stereocenters. The molecule has 7 heteroatoms. The zero-order valence-corrected chi connectivity index (χ0v) is 9.33. The number of piperidine rings is 2. The van der Waals surface area contributed by atoms with E-state index in [0.29, 0.717) is 18.4 Å². The molecule has 2 aromatic heterocycles. The van der Waals surface area contributed by atoms with E-state index in [1.165, 1.54) is 0 Å². The Kier molecular flexibility index (Phi) is 1.57. The summed E-state index contributed by atoms with van der Waals surface area (Å²) < 4.78 is 1.81. The number of carbonyl (C=O) groups is 2. The first-order valence-electron chi connectivity index (χ1n) is 5.70. The number of aromatic nitrogens is 4. The molecule has 3 aliphatic rings. The number of nitrogens with one attached hydrogen (secondary N) is 1. The van der Waals surface area contributed by atoms with Crippen LogP contribution in [0.2, 0.25) is 0 Å². The molecule has 7 nitrogen and oxygen atoms in total. The van der Waals surface area contributed by atoms with Crippen LogP contribution in [0.4, 0.5) is 0 Å². The van der Waals surface area contributed by atoms with Crippen LogP contribution < -0.4 is 5.32 Å². The highest BCUT2D eigenvalue weighted by molar-refractivity contribution is 6.06. The van der Waals surface area contributed by atoms with E-state index in [2.05, 4.69) is 20.5 Å². The van der Waals surface area contributed by atoms with E-state index < -0.39 is 5.54 Å². The topological polar surface area (TPSA) is 89.8 Å². The Hall–Kier alpha value is -2.31. The number of fused-ring (bicyclic) bond motifs is 3. The summed E-state index contributed by atoms with van der Waals surface area (Å²) in [6.45, 7) is 0. The summed E-state index contributed by atoms with van der Waals surface area (Å²) in [7, 11) is 0. The maximum atomic E-state index is 12.1. The molecule has 90 valence electrons. The van der Waals surface area contributed by atoms with Gasteiger partial charge in [0.2, 0.25) is 5.91 Å². The fourth-order valence-electron chi connectivity index (χ4n) is 2.88. The lowest BCUT2D eigenvalue weighted by molar-refractivity contribution is -0.156. The molecule has 18 heavy (non-hydrogen) atoms. The Balaban J connectivity index is 1.89. The van der Waals surface area contributed by atoms with Crippen molar-refractivity contribution < 1.29 is 9.59 Å². The molecule has 2 bridgehead atoms. The van der Waals surface area contributed by atoms with Crippen LogP contribution in [-0.4, -0.2) is 31.6 Å². The average molecular weight is 243 g/mol. The smallest absolute Gasteiger partial charge is 0.252 e. The van der Waals surface area contributed by atoms with Crippen LogP contribution in [0, 0.1) is 5.92 Å². The highest BCUT2D eigenvalue weighted by Crippen LogP contribution is 2.48. The van der Waals surface area contributed by atoms with Crippen LogP contribution in [0.3, 0.4) is 0 Å². The molecule has 0 aromatic carbocycles. The molecule has 5 rings (SSSR count). The van der Waals surface area contributed by atoms with Crippen LogP contribution in [0.15, 0.2) is 18.7 Å². The summed E-state index contributed by atoms with van der Waals surface area (Å²) in [5, 5.41) is 9.99. The molecular formula is C11H9N5O2. The van der Waals surface area contributed by atoms with E-state index >= 15 is 0 Å². The van der Waals surface area contributed by atoms with Crippen LogP contribution in [0.25, 0.3) is 11.0 Å². The molecule has 4 heterocycles. The van der Waals surface area contributed by atoms with E-state index in [1.807, 2.05) is 4.57 Å². The Morgan fingerprint density at radius 1 is 1.28 bits per heavy atom. The van der Waals surface area contributed by atoms with Crippen molar-refractivity contribution in [2.45, 2.75) is 18.4 Å². The van der Waals surface area contributed by atoms with Crippen molar-refractivity contribution in [1.29, 1.82) is 0 Å². The second-order valence-corrected chi connectivity index (χ2v) is 4.83. The molecule has 2 saturated heterocycles. The van der Waals surface area contributed by atoms with Gasteiger partial charge in [0.1, 0.15) is 11.1 Å². The predicted octanol–water partition coefficient (Wildman–Crippen LogP) is -0.412. The third-order valence-corrected chi connectivity index (χ3v) is 3.92. The van der Waals surface area contributed by atoms with E-state index in [4.69, 9.17) is 0 Å². The fourth-order valence-corrected chi connectivity index (χ4v) is 2.88. The quantitative estimate of drug-likeness (QED) is 0.687. The van der Waals surface area contributed by atoms with Crippen molar-refractivity contribution in [2.75, 3.05) is 0 Å². The van der Waals surface area contributed by atoms with Crippen LogP contribution in [-0.2, 0) is 15.1 Å². The summed E-state index contributed by atoms with van der Waals surface area (Å²) in [4.78, 5) is 27.7. The Morgan fingerprint density at radius 3 is 2.83 bits per heavy atom. The normalized spacial score (nSPS) is 30.1. The second kappa shape index (κ2) is 2.92. The van der Waals surface area contributed by atoms with E-state index in [0.717, 1.165) is 5.52 Å². The zero-order chi connectivity index (χ0) is 12.3. The van der Waals surface area contributed by atoms with Crippen molar-refractivity contribution >= 4 is 22.8 Å². The van der Waals surface area contributed by atoms with Gasteiger partial charge >= 0.3 is 0 Å². The molecule has 0 spiro atoms. The number of hydrogen-bond acceptors (Lipinski definition) is 5. The molecule has 3 fully saturated rings. The van der Waals surface area contributed by atoms with Gasteiger partial charge in [-0.25, -0.2) is 4.98 Å². The minimum atomic E-state index is -0.670. The average Bonchev–Trinajstić information content (AvgIpc) is 2.71. The number of rotatable bonds is 1. The number of imide groups is 1. The third kappa shape index (κ3) is 0.969. The summed E-state index contributed by atoms with van der Waals surface area (Å²) in [5.74, 6) is -0.466. The van der Waals surface area contributed by atoms with Crippen molar-refractivity contribution in [3.05, 3.63) is 18.7 Å². The number of carbonyl (C=O) groups excluding carboxylic acids is 2. The molecule has 0 radical (unpaired) electrons. The largest absolute Gasteiger partial charge is 0.314 e. The van der Waals surface area contributed by atoms with Gasteiger partial charge in [-0.3, -0.25) is 14.9 Å². The monoisotopic (exact) mass is 243 g/mol. The highest BCUT2D eigenvalue weighted by atomic mass is 16.2. The van der Waals surface area contributed by atoms with Crippen LogP contribution >= 0.6 is 0 Å². The summed E-state index contributed by atoms with van der Waals surface area (Å²) in [6.07, 6.45) is 5.87. The molecule has 2 amide bonds. The number of hydrogen-bond donors (Lipinski definition) is 1. The van der Waals surface area contributed by atoms with Gasteiger partial charge in [-0.2, -0.15) is 10.2 Å². The molecule has 2 aliphatic heterocycles. The van der Waals surface area contributed by atoms with Gasteiger partial charge in [0, 0.05) is 5.92 Å². The van der Waals surface area contributed by atoms with Gasteiger partial charge in [0.15, 0.2) is 0 Å². The van der Waals surface area contributed by atoms with Crippen molar-refractivity contribution in [1.82, 2.24) is 25.1 Å². The molecule has 1 N–H and O–H groups in total. The fraction of sp³-hybridized carbons (Fsp3) is 0.364. The summed E-state index contributed by atoms with van der Waals surface area (Å²) >= 11 is 0. The zero-order valence-electron chi connectivity index (χ0n) is 9.33. The maximum absolute atomic E-state index is 12.1. The Morgan fingerprint density at radius 2 is 2.06 bits per heavy atom. The molecular weight excluding hydrogens is 234 g/mol. The minimum absolute atomic E-state index is 0.0602. The predicted molar refractivity (Wildman–Crippen MR) is 59.2 cm³/mol. The molecule has 1 saturated carbocycles. The summed E-state index contributed by atoms with van der Waals surface area (Å²) in [6, 6.07) is 0. The van der Waals surface area contributed by atoms with Crippen LogP contribution in [0.5, 0.6) is 0 Å². The number of nitrogens with zero attached hydrogens (tertiary/aromatic N) is 4. The number of imidazole rings is 1. The van der Waals surface area contributed by atoms with E-state index in [-0.39, 0.29) is 17.7 Å². The van der Waals surface area contributed by atoms with Gasteiger partial charge in [-0.1, -0.05) is 0 Å². The molecule has 1 aliphatic carbocycles. The van der Waals surface area contributed by atoms with E-state index in [1.54, 1.807) is 18.7 Å². The first-order valence-corrected chi connectivity index (χ1v) is 5.70. The van der Waals surface area contributed by atoms with Gasteiger partial charge in [-0.15, -0.1) is 0 Å². The van der Waals surface area contributed by atoms with Crippen molar-refractivity contribution in [3.8, 4) is 0 Å². The SMILES string of the molecule is O=C1NC(=O)C2(n3cnc4cnncc43)CC1C2.